The maximum Gasteiger partial charge on any atom is 0.259 e. The van der Waals surface area contributed by atoms with Crippen LogP contribution in [-0.2, 0) is 0 Å². The largest absolute Gasteiger partial charge is 0.334 e. The van der Waals surface area contributed by atoms with E-state index in [1.807, 2.05) is 0 Å². The molecule has 0 aliphatic carbocycles. The molecule has 6 heteroatoms. The zero-order valence-electron chi connectivity index (χ0n) is 10.5. The molecule has 1 aliphatic rings. The van der Waals surface area contributed by atoms with E-state index in [4.69, 9.17) is 16.1 Å². The molecule has 2 aromatic heterocycles. The lowest BCUT2D eigenvalue weighted by Gasteiger charge is -2.09. The van der Waals surface area contributed by atoms with Crippen LogP contribution in [0.1, 0.15) is 37.5 Å². The van der Waals surface area contributed by atoms with E-state index in [2.05, 4.69) is 20.4 Å². The molecule has 19 heavy (non-hydrogen) atoms. The number of aromatic nitrogens is 3. The van der Waals surface area contributed by atoms with Crippen molar-refractivity contribution in [3.05, 3.63) is 29.3 Å². The molecule has 100 valence electrons. The number of halogens is 1. The highest BCUT2D eigenvalue weighted by molar-refractivity contribution is 6.32. The van der Waals surface area contributed by atoms with Crippen molar-refractivity contribution < 1.29 is 4.52 Å². The van der Waals surface area contributed by atoms with E-state index < -0.39 is 0 Å². The molecule has 0 saturated carbocycles. The minimum atomic E-state index is 0.181. The molecule has 0 amide bonds. The second kappa shape index (κ2) is 5.67. The molecule has 3 heterocycles. The number of nitrogens with zero attached hydrogens (tertiary/aromatic N) is 3. The highest BCUT2D eigenvalue weighted by Gasteiger charge is 2.20. The lowest BCUT2D eigenvalue weighted by Crippen LogP contribution is -2.21. The van der Waals surface area contributed by atoms with E-state index >= 15 is 0 Å². The molecule has 5 nitrogen and oxygen atoms in total. The van der Waals surface area contributed by atoms with Crippen molar-refractivity contribution in [3.63, 3.8) is 0 Å². The number of hydrogen-bond acceptors (Lipinski definition) is 5. The van der Waals surface area contributed by atoms with Crippen molar-refractivity contribution in [2.45, 2.75) is 31.7 Å². The maximum absolute atomic E-state index is 6.07. The normalized spacial score (nSPS) is 20.2. The van der Waals surface area contributed by atoms with E-state index in [0.29, 0.717) is 16.7 Å². The standard InChI is InChI=1S/C13H15ClN4O/c14-10-8-15-7-5-9(10)13-17-12(18-19-13)11-4-2-1-3-6-16-11/h5,7-8,11,16H,1-4,6H2. The van der Waals surface area contributed by atoms with Gasteiger partial charge < -0.3 is 9.84 Å². The molecule has 1 N–H and O–H groups in total. The second-order valence-corrected chi connectivity index (χ2v) is 5.08. The molecule has 0 aromatic carbocycles. The Bertz CT molecular complexity index is 549. The topological polar surface area (TPSA) is 63.8 Å². The summed E-state index contributed by atoms with van der Waals surface area (Å²) < 4.78 is 5.31. The van der Waals surface area contributed by atoms with Gasteiger partial charge in [-0.2, -0.15) is 4.98 Å². The summed E-state index contributed by atoms with van der Waals surface area (Å²) in [4.78, 5) is 8.40. The van der Waals surface area contributed by atoms with E-state index in [0.717, 1.165) is 18.5 Å². The molecule has 0 spiro atoms. The first-order chi connectivity index (χ1) is 9.34. The Kier molecular flexibility index (Phi) is 3.75. The summed E-state index contributed by atoms with van der Waals surface area (Å²) in [6, 6.07) is 1.96. The van der Waals surface area contributed by atoms with Crippen LogP contribution in [0.2, 0.25) is 5.02 Å². The summed E-state index contributed by atoms with van der Waals surface area (Å²) in [5.74, 6) is 1.17. The molecule has 0 radical (unpaired) electrons. The van der Waals surface area contributed by atoms with Crippen LogP contribution in [0.15, 0.2) is 23.0 Å². The third-order valence-electron chi connectivity index (χ3n) is 3.32. The van der Waals surface area contributed by atoms with Crippen molar-refractivity contribution in [3.8, 4) is 11.5 Å². The van der Waals surface area contributed by atoms with Crippen molar-refractivity contribution >= 4 is 11.6 Å². The van der Waals surface area contributed by atoms with Crippen LogP contribution < -0.4 is 5.32 Å². The summed E-state index contributed by atoms with van der Waals surface area (Å²) in [5, 5.41) is 8.04. The van der Waals surface area contributed by atoms with Crippen LogP contribution in [0.5, 0.6) is 0 Å². The van der Waals surface area contributed by atoms with Crippen molar-refractivity contribution in [1.82, 2.24) is 20.4 Å². The Morgan fingerprint density at radius 2 is 2.26 bits per heavy atom. The van der Waals surface area contributed by atoms with Crippen LogP contribution in [-0.4, -0.2) is 21.7 Å². The first kappa shape index (κ1) is 12.6. The van der Waals surface area contributed by atoms with Crippen molar-refractivity contribution in [1.29, 1.82) is 0 Å². The minimum absolute atomic E-state index is 0.181. The van der Waals surface area contributed by atoms with Gasteiger partial charge in [0.05, 0.1) is 16.6 Å². The number of hydrogen-bond donors (Lipinski definition) is 1. The van der Waals surface area contributed by atoms with Gasteiger partial charge in [-0.15, -0.1) is 0 Å². The van der Waals surface area contributed by atoms with Gasteiger partial charge in [0.25, 0.3) is 5.89 Å². The summed E-state index contributed by atoms with van der Waals surface area (Å²) >= 11 is 6.07. The Morgan fingerprint density at radius 3 is 3.16 bits per heavy atom. The molecule has 1 aliphatic heterocycles. The molecular weight excluding hydrogens is 264 g/mol. The number of rotatable bonds is 2. The molecule has 1 fully saturated rings. The van der Waals surface area contributed by atoms with Gasteiger partial charge in [-0.1, -0.05) is 29.6 Å². The van der Waals surface area contributed by atoms with Crippen LogP contribution in [0, 0.1) is 0 Å². The van der Waals surface area contributed by atoms with E-state index in [1.54, 1.807) is 18.5 Å². The Balaban J connectivity index is 1.85. The Morgan fingerprint density at radius 1 is 1.32 bits per heavy atom. The molecule has 2 aromatic rings. The molecule has 1 unspecified atom stereocenters. The molecular formula is C13H15ClN4O. The van der Waals surface area contributed by atoms with E-state index in [9.17, 15) is 0 Å². The number of pyridine rings is 1. The van der Waals surface area contributed by atoms with Gasteiger partial charge in [0.15, 0.2) is 5.82 Å². The molecule has 1 atom stereocenters. The minimum Gasteiger partial charge on any atom is -0.334 e. The average molecular weight is 279 g/mol. The maximum atomic E-state index is 6.07. The fourth-order valence-corrected chi connectivity index (χ4v) is 2.48. The molecule has 0 bridgehead atoms. The van der Waals surface area contributed by atoms with Gasteiger partial charge >= 0.3 is 0 Å². The third-order valence-corrected chi connectivity index (χ3v) is 3.62. The van der Waals surface area contributed by atoms with Gasteiger partial charge in [-0.25, -0.2) is 0 Å². The SMILES string of the molecule is Clc1cnccc1-c1nc(C2CCCCCN2)no1. The van der Waals surface area contributed by atoms with E-state index in [-0.39, 0.29) is 6.04 Å². The summed E-state index contributed by atoms with van der Waals surface area (Å²) in [5.41, 5.74) is 0.726. The quantitative estimate of drug-likeness (QED) is 0.915. The van der Waals surface area contributed by atoms with Crippen molar-refractivity contribution in [2.75, 3.05) is 6.54 Å². The summed E-state index contributed by atoms with van der Waals surface area (Å²) in [6.45, 7) is 1.00. The summed E-state index contributed by atoms with van der Waals surface area (Å²) in [7, 11) is 0. The van der Waals surface area contributed by atoms with Gasteiger partial charge in [0, 0.05) is 12.4 Å². The zero-order chi connectivity index (χ0) is 13.1. The average Bonchev–Trinajstić information content (AvgIpc) is 2.75. The molecule has 1 saturated heterocycles. The van der Waals surface area contributed by atoms with Gasteiger partial charge in [0.1, 0.15) is 0 Å². The fraction of sp³-hybridized carbons (Fsp3) is 0.462. The predicted molar refractivity (Wildman–Crippen MR) is 71.8 cm³/mol. The third kappa shape index (κ3) is 2.77. The van der Waals surface area contributed by atoms with Gasteiger partial charge in [-0.05, 0) is 25.5 Å². The highest BCUT2D eigenvalue weighted by atomic mass is 35.5. The summed E-state index contributed by atoms with van der Waals surface area (Å²) in [6.07, 6.45) is 7.93. The smallest absolute Gasteiger partial charge is 0.259 e. The monoisotopic (exact) mass is 278 g/mol. The van der Waals surface area contributed by atoms with Crippen LogP contribution >= 0.6 is 11.6 Å². The number of nitrogens with one attached hydrogen (secondary N) is 1. The van der Waals surface area contributed by atoms with Crippen LogP contribution in [0.4, 0.5) is 0 Å². The first-order valence-corrected chi connectivity index (χ1v) is 6.89. The zero-order valence-corrected chi connectivity index (χ0v) is 11.2. The van der Waals surface area contributed by atoms with Crippen LogP contribution in [0.3, 0.4) is 0 Å². The van der Waals surface area contributed by atoms with E-state index in [1.165, 1.54) is 19.3 Å². The van der Waals surface area contributed by atoms with Crippen molar-refractivity contribution in [2.24, 2.45) is 0 Å². The first-order valence-electron chi connectivity index (χ1n) is 6.51. The Hall–Kier alpha value is -1.46. The van der Waals surface area contributed by atoms with Gasteiger partial charge in [-0.3, -0.25) is 4.98 Å². The lowest BCUT2D eigenvalue weighted by atomic mass is 10.1. The lowest BCUT2D eigenvalue weighted by molar-refractivity contribution is 0.402. The predicted octanol–water partition coefficient (Wildman–Crippen LogP) is 2.99. The highest BCUT2D eigenvalue weighted by Crippen LogP contribution is 2.27. The van der Waals surface area contributed by atoms with Crippen LogP contribution in [0.25, 0.3) is 11.5 Å². The Labute approximate surface area is 116 Å². The molecule has 3 rings (SSSR count). The second-order valence-electron chi connectivity index (χ2n) is 4.67. The fourth-order valence-electron chi connectivity index (χ4n) is 2.28. The van der Waals surface area contributed by atoms with Gasteiger partial charge in [0.2, 0.25) is 0 Å².